The van der Waals surface area contributed by atoms with Crippen molar-refractivity contribution in [3.8, 4) is 0 Å². The number of piperazine rings is 1. The first-order valence-electron chi connectivity index (χ1n) is 12.4. The van der Waals surface area contributed by atoms with Crippen molar-refractivity contribution in [3.63, 3.8) is 0 Å². The Kier molecular flexibility index (Phi) is 7.87. The number of nitrogens with zero attached hydrogens (tertiary/aromatic N) is 3. The molecule has 6 nitrogen and oxygen atoms in total. The summed E-state index contributed by atoms with van der Waals surface area (Å²) in [6, 6.07) is 29.3. The third-order valence-corrected chi connectivity index (χ3v) is 9.83. The standard InChI is InChI=1S/C29H28FN3O3S2/c30-25-14-7-8-15-26(25)33(38(35,36)28-16-9-21-37-28)22-27(34)31-17-19-32(20-18-31)29(23-10-3-1-4-11-23)24-12-5-2-6-13-24/h1-16,21,29H,17-20,22H2. The number of anilines is 1. The summed E-state index contributed by atoms with van der Waals surface area (Å²) in [7, 11) is -4.11. The Balaban J connectivity index is 1.34. The van der Waals surface area contributed by atoms with Gasteiger partial charge in [0, 0.05) is 26.2 Å². The first-order chi connectivity index (χ1) is 18.4. The summed E-state index contributed by atoms with van der Waals surface area (Å²) in [5.41, 5.74) is 2.21. The highest BCUT2D eigenvalue weighted by Crippen LogP contribution is 2.31. The molecule has 38 heavy (non-hydrogen) atoms. The number of para-hydroxylation sites is 1. The van der Waals surface area contributed by atoms with Gasteiger partial charge in [0.05, 0.1) is 11.7 Å². The van der Waals surface area contributed by atoms with Crippen LogP contribution in [0.25, 0.3) is 0 Å². The van der Waals surface area contributed by atoms with E-state index in [1.54, 1.807) is 22.4 Å². The monoisotopic (exact) mass is 549 g/mol. The van der Waals surface area contributed by atoms with Crippen molar-refractivity contribution >= 4 is 33.0 Å². The lowest BCUT2D eigenvalue weighted by Crippen LogP contribution is -2.52. The number of amides is 1. The van der Waals surface area contributed by atoms with Crippen molar-refractivity contribution in [2.45, 2.75) is 10.3 Å². The maximum absolute atomic E-state index is 14.7. The van der Waals surface area contributed by atoms with E-state index in [0.717, 1.165) is 15.6 Å². The SMILES string of the molecule is O=C(CN(c1ccccc1F)S(=O)(=O)c1cccs1)N1CCN(C(c2ccccc2)c2ccccc2)CC1. The lowest BCUT2D eigenvalue weighted by atomic mass is 9.96. The van der Waals surface area contributed by atoms with Gasteiger partial charge in [0.15, 0.2) is 0 Å². The molecule has 0 spiro atoms. The smallest absolute Gasteiger partial charge is 0.274 e. The van der Waals surface area contributed by atoms with Crippen molar-refractivity contribution in [1.82, 2.24) is 9.80 Å². The lowest BCUT2D eigenvalue weighted by molar-refractivity contribution is -0.131. The maximum atomic E-state index is 14.7. The Labute approximate surface area is 226 Å². The van der Waals surface area contributed by atoms with E-state index >= 15 is 0 Å². The molecule has 0 radical (unpaired) electrons. The fourth-order valence-corrected chi connectivity index (χ4v) is 7.34. The second-order valence-corrected chi connectivity index (χ2v) is 12.1. The summed E-state index contributed by atoms with van der Waals surface area (Å²) >= 11 is 1.04. The van der Waals surface area contributed by atoms with Gasteiger partial charge in [-0.2, -0.15) is 0 Å². The molecular weight excluding hydrogens is 521 g/mol. The molecule has 1 fully saturated rings. The number of sulfonamides is 1. The summed E-state index contributed by atoms with van der Waals surface area (Å²) in [6.07, 6.45) is 0. The van der Waals surface area contributed by atoms with E-state index in [-0.39, 0.29) is 21.8 Å². The van der Waals surface area contributed by atoms with Gasteiger partial charge < -0.3 is 4.90 Å². The van der Waals surface area contributed by atoms with Crippen LogP contribution in [0.15, 0.2) is 107 Å². The lowest BCUT2D eigenvalue weighted by Gasteiger charge is -2.40. The summed E-state index contributed by atoms with van der Waals surface area (Å²) in [4.78, 5) is 17.4. The van der Waals surface area contributed by atoms with Gasteiger partial charge in [0.2, 0.25) is 5.91 Å². The van der Waals surface area contributed by atoms with Gasteiger partial charge >= 0.3 is 0 Å². The van der Waals surface area contributed by atoms with E-state index in [1.807, 2.05) is 36.4 Å². The minimum atomic E-state index is -4.11. The molecule has 1 aliphatic rings. The normalized spacial score (nSPS) is 14.5. The molecule has 0 bridgehead atoms. The van der Waals surface area contributed by atoms with Gasteiger partial charge in [-0.05, 0) is 34.7 Å². The second kappa shape index (κ2) is 11.5. The first kappa shape index (κ1) is 26.1. The molecule has 0 saturated carbocycles. The molecule has 0 atom stereocenters. The van der Waals surface area contributed by atoms with E-state index in [2.05, 4.69) is 29.2 Å². The predicted octanol–water partition coefficient (Wildman–Crippen LogP) is 5.02. The Bertz CT molecular complexity index is 1420. The van der Waals surface area contributed by atoms with Crippen molar-refractivity contribution < 1.29 is 17.6 Å². The molecule has 0 N–H and O–H groups in total. The molecule has 2 heterocycles. The van der Waals surface area contributed by atoms with Crippen LogP contribution in [0.2, 0.25) is 0 Å². The Morgan fingerprint density at radius 2 is 1.39 bits per heavy atom. The molecule has 9 heteroatoms. The van der Waals surface area contributed by atoms with Crippen molar-refractivity contribution in [3.05, 3.63) is 119 Å². The molecule has 0 aliphatic carbocycles. The predicted molar refractivity (Wildman–Crippen MR) is 148 cm³/mol. The van der Waals surface area contributed by atoms with Gasteiger partial charge in [-0.15, -0.1) is 11.3 Å². The summed E-state index contributed by atoms with van der Waals surface area (Å²) in [5.74, 6) is -1.05. The zero-order chi connectivity index (χ0) is 26.5. The summed E-state index contributed by atoms with van der Waals surface area (Å²) < 4.78 is 42.5. The van der Waals surface area contributed by atoms with Gasteiger partial charge in [-0.25, -0.2) is 12.8 Å². The first-order valence-corrected chi connectivity index (χ1v) is 14.7. The summed E-state index contributed by atoms with van der Waals surface area (Å²) in [5, 5.41) is 1.64. The average Bonchev–Trinajstić information content (AvgIpc) is 3.50. The molecule has 4 aromatic rings. The van der Waals surface area contributed by atoms with Crippen LogP contribution in [-0.4, -0.2) is 56.8 Å². The van der Waals surface area contributed by atoms with E-state index in [9.17, 15) is 17.6 Å². The van der Waals surface area contributed by atoms with Crippen LogP contribution in [0, 0.1) is 5.82 Å². The molecule has 0 unspecified atom stereocenters. The van der Waals surface area contributed by atoms with E-state index in [4.69, 9.17) is 0 Å². The number of hydrogen-bond donors (Lipinski definition) is 0. The Hall–Kier alpha value is -3.53. The average molecular weight is 550 g/mol. The molecule has 1 amide bonds. The second-order valence-electron chi connectivity index (χ2n) is 9.04. The fourth-order valence-electron chi connectivity index (χ4n) is 4.81. The zero-order valence-corrected chi connectivity index (χ0v) is 22.3. The maximum Gasteiger partial charge on any atom is 0.274 e. The fraction of sp³-hybridized carbons (Fsp3) is 0.207. The number of halogens is 1. The van der Waals surface area contributed by atoms with E-state index in [1.165, 1.54) is 35.4 Å². The molecule has 1 aliphatic heterocycles. The number of carbonyl (C=O) groups excluding carboxylic acids is 1. The van der Waals surface area contributed by atoms with Crippen LogP contribution < -0.4 is 4.31 Å². The topological polar surface area (TPSA) is 60.9 Å². The third-order valence-electron chi connectivity index (χ3n) is 6.70. The minimum absolute atomic E-state index is 0.0452. The zero-order valence-electron chi connectivity index (χ0n) is 20.7. The van der Waals surface area contributed by atoms with Crippen molar-refractivity contribution in [1.29, 1.82) is 0 Å². The molecule has 5 rings (SSSR count). The quantitative estimate of drug-likeness (QED) is 0.310. The number of carbonyl (C=O) groups is 1. The van der Waals surface area contributed by atoms with E-state index < -0.39 is 22.4 Å². The molecule has 3 aromatic carbocycles. The van der Waals surface area contributed by atoms with Gasteiger partial charge in [0.25, 0.3) is 10.0 Å². The number of benzene rings is 3. The molecule has 1 saturated heterocycles. The number of rotatable bonds is 8. The van der Waals surface area contributed by atoms with Crippen molar-refractivity contribution in [2.75, 3.05) is 37.0 Å². The van der Waals surface area contributed by atoms with Crippen LogP contribution in [0.1, 0.15) is 17.2 Å². The highest BCUT2D eigenvalue weighted by molar-refractivity contribution is 7.94. The Morgan fingerprint density at radius 3 is 1.95 bits per heavy atom. The van der Waals surface area contributed by atoms with Gasteiger partial charge in [0.1, 0.15) is 16.6 Å². The highest BCUT2D eigenvalue weighted by atomic mass is 32.2. The number of hydrogen-bond acceptors (Lipinski definition) is 5. The van der Waals surface area contributed by atoms with Crippen LogP contribution in [0.4, 0.5) is 10.1 Å². The largest absolute Gasteiger partial charge is 0.339 e. The van der Waals surface area contributed by atoms with Gasteiger partial charge in [-0.1, -0.05) is 78.9 Å². The highest BCUT2D eigenvalue weighted by Gasteiger charge is 2.33. The summed E-state index contributed by atoms with van der Waals surface area (Å²) in [6.45, 7) is 1.66. The van der Waals surface area contributed by atoms with Crippen molar-refractivity contribution in [2.24, 2.45) is 0 Å². The number of thiophene rings is 1. The Morgan fingerprint density at radius 1 is 0.816 bits per heavy atom. The van der Waals surface area contributed by atoms with Gasteiger partial charge in [-0.3, -0.25) is 14.0 Å². The van der Waals surface area contributed by atoms with Crippen LogP contribution in [-0.2, 0) is 14.8 Å². The van der Waals surface area contributed by atoms with E-state index in [0.29, 0.717) is 26.2 Å². The van der Waals surface area contributed by atoms with Crippen LogP contribution in [0.5, 0.6) is 0 Å². The minimum Gasteiger partial charge on any atom is -0.339 e. The van der Waals surface area contributed by atoms with Crippen LogP contribution in [0.3, 0.4) is 0 Å². The third kappa shape index (κ3) is 5.50. The van der Waals surface area contributed by atoms with Crippen LogP contribution >= 0.6 is 11.3 Å². The molecular formula is C29H28FN3O3S2. The molecule has 196 valence electrons. The molecule has 1 aromatic heterocycles.